The number of hydrogen-bond acceptors (Lipinski definition) is 3. The molecule has 4 heteroatoms. The van der Waals surface area contributed by atoms with Crippen LogP contribution in [0.25, 0.3) is 11.0 Å². The van der Waals surface area contributed by atoms with Crippen LogP contribution in [0.15, 0.2) is 29.4 Å². The SMILES string of the molecule is CSc1cnc2cc(Cl)ccc2n1. The molecule has 0 N–H and O–H groups in total. The summed E-state index contributed by atoms with van der Waals surface area (Å²) < 4.78 is 0. The normalized spacial score (nSPS) is 10.6. The average molecular weight is 211 g/mol. The highest BCUT2D eigenvalue weighted by Gasteiger charge is 1.98. The first-order valence-corrected chi connectivity index (χ1v) is 5.36. The molecule has 0 unspecified atom stereocenters. The molecule has 2 nitrogen and oxygen atoms in total. The maximum Gasteiger partial charge on any atom is 0.115 e. The van der Waals surface area contributed by atoms with E-state index in [1.807, 2.05) is 24.5 Å². The van der Waals surface area contributed by atoms with Crippen LogP contribution in [-0.2, 0) is 0 Å². The van der Waals surface area contributed by atoms with Crippen molar-refractivity contribution < 1.29 is 0 Å². The largest absolute Gasteiger partial charge is 0.252 e. The summed E-state index contributed by atoms with van der Waals surface area (Å²) in [7, 11) is 0. The Kier molecular flexibility index (Phi) is 2.38. The van der Waals surface area contributed by atoms with Crippen molar-refractivity contribution in [2.24, 2.45) is 0 Å². The molecule has 0 saturated heterocycles. The Hall–Kier alpha value is -0.800. The summed E-state index contributed by atoms with van der Waals surface area (Å²) in [6.45, 7) is 0. The van der Waals surface area contributed by atoms with Gasteiger partial charge in [0.15, 0.2) is 0 Å². The number of rotatable bonds is 1. The maximum atomic E-state index is 5.82. The van der Waals surface area contributed by atoms with Gasteiger partial charge in [-0.3, -0.25) is 4.98 Å². The maximum absolute atomic E-state index is 5.82. The van der Waals surface area contributed by atoms with E-state index < -0.39 is 0 Å². The quantitative estimate of drug-likeness (QED) is 0.677. The lowest BCUT2D eigenvalue weighted by Crippen LogP contribution is -1.85. The van der Waals surface area contributed by atoms with Crippen molar-refractivity contribution in [1.82, 2.24) is 9.97 Å². The Morgan fingerprint density at radius 1 is 1.31 bits per heavy atom. The number of benzene rings is 1. The first kappa shape index (κ1) is 8.78. The predicted octanol–water partition coefficient (Wildman–Crippen LogP) is 3.01. The summed E-state index contributed by atoms with van der Waals surface area (Å²) in [6, 6.07) is 5.51. The number of aromatic nitrogens is 2. The van der Waals surface area contributed by atoms with Gasteiger partial charge in [-0.05, 0) is 24.5 Å². The lowest BCUT2D eigenvalue weighted by molar-refractivity contribution is 1.12. The van der Waals surface area contributed by atoms with Gasteiger partial charge >= 0.3 is 0 Å². The van der Waals surface area contributed by atoms with E-state index in [1.54, 1.807) is 18.0 Å². The first-order chi connectivity index (χ1) is 6.29. The lowest BCUT2D eigenvalue weighted by atomic mass is 10.3. The van der Waals surface area contributed by atoms with E-state index in [-0.39, 0.29) is 0 Å². The molecule has 13 heavy (non-hydrogen) atoms. The van der Waals surface area contributed by atoms with Crippen molar-refractivity contribution in [1.29, 1.82) is 0 Å². The molecular formula is C9H7ClN2S. The zero-order valence-corrected chi connectivity index (χ0v) is 8.56. The minimum absolute atomic E-state index is 0.693. The van der Waals surface area contributed by atoms with E-state index in [9.17, 15) is 0 Å². The summed E-state index contributed by atoms with van der Waals surface area (Å²) in [5.74, 6) is 0. The standard InChI is InChI=1S/C9H7ClN2S/c1-13-9-5-11-8-4-6(10)2-3-7(8)12-9/h2-5H,1H3. The second-order valence-corrected chi connectivity index (χ2v) is 3.81. The zero-order valence-electron chi connectivity index (χ0n) is 6.99. The van der Waals surface area contributed by atoms with Gasteiger partial charge in [-0.15, -0.1) is 11.8 Å². The molecule has 1 aromatic heterocycles. The van der Waals surface area contributed by atoms with Crippen molar-refractivity contribution >= 4 is 34.4 Å². The van der Waals surface area contributed by atoms with Crippen LogP contribution < -0.4 is 0 Å². The van der Waals surface area contributed by atoms with Crippen LogP contribution in [0, 0.1) is 0 Å². The monoisotopic (exact) mass is 210 g/mol. The molecule has 0 saturated carbocycles. The van der Waals surface area contributed by atoms with E-state index in [2.05, 4.69) is 9.97 Å². The average Bonchev–Trinajstić information content (AvgIpc) is 2.17. The third-order valence-electron chi connectivity index (χ3n) is 1.69. The van der Waals surface area contributed by atoms with Crippen molar-refractivity contribution in [3.63, 3.8) is 0 Å². The fraction of sp³-hybridized carbons (Fsp3) is 0.111. The highest BCUT2D eigenvalue weighted by molar-refractivity contribution is 7.98. The fourth-order valence-corrected chi connectivity index (χ4v) is 1.58. The first-order valence-electron chi connectivity index (χ1n) is 3.76. The van der Waals surface area contributed by atoms with Gasteiger partial charge in [0.1, 0.15) is 5.03 Å². The minimum atomic E-state index is 0.693. The zero-order chi connectivity index (χ0) is 9.26. The molecule has 0 aliphatic heterocycles. The highest BCUT2D eigenvalue weighted by Crippen LogP contribution is 2.18. The third-order valence-corrected chi connectivity index (χ3v) is 2.54. The summed E-state index contributed by atoms with van der Waals surface area (Å²) in [5, 5.41) is 1.62. The van der Waals surface area contributed by atoms with Gasteiger partial charge in [-0.1, -0.05) is 11.6 Å². The van der Waals surface area contributed by atoms with Gasteiger partial charge in [-0.25, -0.2) is 4.98 Å². The summed E-state index contributed by atoms with van der Waals surface area (Å²) in [4.78, 5) is 8.62. The molecule has 0 bridgehead atoms. The van der Waals surface area contributed by atoms with Crippen molar-refractivity contribution in [2.75, 3.05) is 6.26 Å². The smallest absolute Gasteiger partial charge is 0.115 e. The molecule has 2 rings (SSSR count). The fourth-order valence-electron chi connectivity index (χ4n) is 1.07. The van der Waals surface area contributed by atoms with Gasteiger partial charge in [0.05, 0.1) is 17.2 Å². The number of fused-ring (bicyclic) bond motifs is 1. The third kappa shape index (κ3) is 1.76. The number of halogens is 1. The van der Waals surface area contributed by atoms with Gasteiger partial charge < -0.3 is 0 Å². The number of hydrogen-bond donors (Lipinski definition) is 0. The lowest BCUT2D eigenvalue weighted by Gasteiger charge is -1.98. The Morgan fingerprint density at radius 2 is 2.15 bits per heavy atom. The van der Waals surface area contributed by atoms with E-state index in [0.29, 0.717) is 5.02 Å². The van der Waals surface area contributed by atoms with Crippen LogP contribution in [0.5, 0.6) is 0 Å². The minimum Gasteiger partial charge on any atom is -0.252 e. The molecule has 1 aromatic carbocycles. The van der Waals surface area contributed by atoms with Crippen LogP contribution in [-0.4, -0.2) is 16.2 Å². The summed E-state index contributed by atoms with van der Waals surface area (Å²) >= 11 is 7.40. The molecule has 0 radical (unpaired) electrons. The Morgan fingerprint density at radius 3 is 2.92 bits per heavy atom. The topological polar surface area (TPSA) is 25.8 Å². The Labute approximate surface area is 85.3 Å². The van der Waals surface area contributed by atoms with E-state index in [1.165, 1.54) is 0 Å². The van der Waals surface area contributed by atoms with E-state index in [0.717, 1.165) is 16.1 Å². The molecule has 0 atom stereocenters. The van der Waals surface area contributed by atoms with Crippen molar-refractivity contribution in [3.05, 3.63) is 29.4 Å². The molecule has 0 amide bonds. The van der Waals surface area contributed by atoms with Gasteiger partial charge in [0.25, 0.3) is 0 Å². The van der Waals surface area contributed by atoms with Crippen LogP contribution >= 0.6 is 23.4 Å². The van der Waals surface area contributed by atoms with Gasteiger partial charge in [-0.2, -0.15) is 0 Å². The van der Waals surface area contributed by atoms with Crippen LogP contribution in [0.3, 0.4) is 0 Å². The van der Waals surface area contributed by atoms with Crippen molar-refractivity contribution in [2.45, 2.75) is 5.03 Å². The number of nitrogens with zero attached hydrogens (tertiary/aromatic N) is 2. The van der Waals surface area contributed by atoms with Gasteiger partial charge in [0.2, 0.25) is 0 Å². The van der Waals surface area contributed by atoms with Crippen LogP contribution in [0.2, 0.25) is 5.02 Å². The second kappa shape index (κ2) is 3.52. The Bertz CT molecular complexity index is 445. The molecule has 66 valence electrons. The second-order valence-electron chi connectivity index (χ2n) is 2.55. The van der Waals surface area contributed by atoms with Crippen LogP contribution in [0.1, 0.15) is 0 Å². The van der Waals surface area contributed by atoms with Crippen LogP contribution in [0.4, 0.5) is 0 Å². The number of thioether (sulfide) groups is 1. The molecular weight excluding hydrogens is 204 g/mol. The molecule has 0 spiro atoms. The molecule has 0 aliphatic rings. The predicted molar refractivity (Wildman–Crippen MR) is 56.3 cm³/mol. The summed E-state index contributed by atoms with van der Waals surface area (Å²) in [5.41, 5.74) is 1.72. The summed E-state index contributed by atoms with van der Waals surface area (Å²) in [6.07, 6.45) is 3.73. The van der Waals surface area contributed by atoms with E-state index >= 15 is 0 Å². The molecule has 2 aromatic rings. The Balaban J connectivity index is 2.66. The molecule has 0 fully saturated rings. The van der Waals surface area contributed by atoms with E-state index in [4.69, 9.17) is 11.6 Å². The van der Waals surface area contributed by atoms with Crippen molar-refractivity contribution in [3.8, 4) is 0 Å². The highest BCUT2D eigenvalue weighted by atomic mass is 35.5. The molecule has 1 heterocycles. The van der Waals surface area contributed by atoms with Gasteiger partial charge in [0, 0.05) is 5.02 Å². The molecule has 0 aliphatic carbocycles.